The summed E-state index contributed by atoms with van der Waals surface area (Å²) < 4.78 is 18.9. The molecule has 2 N–H and O–H groups in total. The number of carbonyl (C=O) groups excluding carboxylic acids is 1. The quantitative estimate of drug-likeness (QED) is 0.804. The number of anilines is 1. The van der Waals surface area contributed by atoms with E-state index in [4.69, 9.17) is 9.84 Å². The van der Waals surface area contributed by atoms with Gasteiger partial charge in [0, 0.05) is 12.1 Å². The number of aliphatic carboxylic acids is 1. The average Bonchev–Trinajstić information content (AvgIpc) is 2.57. The zero-order chi connectivity index (χ0) is 18.4. The molecule has 0 aliphatic heterocycles. The molecule has 0 bridgehead atoms. The van der Waals surface area contributed by atoms with Crippen LogP contribution in [0.25, 0.3) is 0 Å². The smallest absolute Gasteiger partial charge is 0.307 e. The Morgan fingerprint density at radius 3 is 2.44 bits per heavy atom. The molecule has 0 aliphatic carbocycles. The van der Waals surface area contributed by atoms with E-state index in [9.17, 15) is 14.0 Å². The van der Waals surface area contributed by atoms with Crippen LogP contribution in [0.5, 0.6) is 5.75 Å². The fraction of sp³-hybridized carbons (Fsp3) is 0.263. The van der Waals surface area contributed by atoms with Crippen LogP contribution < -0.4 is 10.1 Å². The average molecular weight is 345 g/mol. The first-order chi connectivity index (χ1) is 11.9. The van der Waals surface area contributed by atoms with Crippen molar-refractivity contribution in [1.82, 2.24) is 0 Å². The van der Waals surface area contributed by atoms with Gasteiger partial charge in [0.05, 0.1) is 13.5 Å². The van der Waals surface area contributed by atoms with Gasteiger partial charge in [0.2, 0.25) is 5.91 Å². The van der Waals surface area contributed by atoms with Crippen LogP contribution in [-0.2, 0) is 16.0 Å². The van der Waals surface area contributed by atoms with Gasteiger partial charge in [-0.05, 0) is 41.3 Å². The lowest BCUT2D eigenvalue weighted by atomic mass is 9.97. The lowest BCUT2D eigenvalue weighted by molar-refractivity contribution is -0.136. The predicted molar refractivity (Wildman–Crippen MR) is 92.4 cm³/mol. The van der Waals surface area contributed by atoms with Gasteiger partial charge < -0.3 is 15.2 Å². The van der Waals surface area contributed by atoms with Crippen LogP contribution in [0.2, 0.25) is 0 Å². The monoisotopic (exact) mass is 345 g/mol. The number of rotatable bonds is 7. The topological polar surface area (TPSA) is 75.6 Å². The van der Waals surface area contributed by atoms with Gasteiger partial charge in [-0.25, -0.2) is 4.39 Å². The molecule has 5 nitrogen and oxygen atoms in total. The van der Waals surface area contributed by atoms with E-state index in [1.54, 1.807) is 7.11 Å². The first-order valence-electron chi connectivity index (χ1n) is 7.83. The molecule has 0 aliphatic rings. The molecule has 0 saturated heterocycles. The van der Waals surface area contributed by atoms with Gasteiger partial charge in [-0.1, -0.05) is 25.1 Å². The fourth-order valence-electron chi connectivity index (χ4n) is 2.47. The number of carbonyl (C=O) groups is 2. The van der Waals surface area contributed by atoms with E-state index in [-0.39, 0.29) is 23.8 Å². The molecule has 0 heterocycles. The van der Waals surface area contributed by atoms with Gasteiger partial charge in [-0.15, -0.1) is 0 Å². The van der Waals surface area contributed by atoms with Gasteiger partial charge in [0.15, 0.2) is 0 Å². The molecule has 1 atom stereocenters. The minimum Gasteiger partial charge on any atom is -0.497 e. The Morgan fingerprint density at radius 2 is 1.88 bits per heavy atom. The van der Waals surface area contributed by atoms with Crippen molar-refractivity contribution >= 4 is 17.6 Å². The first kappa shape index (κ1) is 18.4. The van der Waals surface area contributed by atoms with E-state index in [1.165, 1.54) is 12.1 Å². The summed E-state index contributed by atoms with van der Waals surface area (Å²) in [6.45, 7) is 1.93. The predicted octanol–water partition coefficient (Wildman–Crippen LogP) is 3.59. The van der Waals surface area contributed by atoms with Crippen LogP contribution in [0.1, 0.15) is 30.4 Å². The highest BCUT2D eigenvalue weighted by atomic mass is 19.1. The van der Waals surface area contributed by atoms with Gasteiger partial charge in [0.25, 0.3) is 0 Å². The number of nitrogens with one attached hydrogen (secondary N) is 1. The zero-order valence-corrected chi connectivity index (χ0v) is 14.1. The summed E-state index contributed by atoms with van der Waals surface area (Å²) >= 11 is 0. The fourth-order valence-corrected chi connectivity index (χ4v) is 2.47. The van der Waals surface area contributed by atoms with E-state index in [0.29, 0.717) is 5.69 Å². The second-order valence-corrected chi connectivity index (χ2v) is 5.80. The highest BCUT2D eigenvalue weighted by Gasteiger charge is 2.13. The summed E-state index contributed by atoms with van der Waals surface area (Å²) in [6.07, 6.45) is -0.153. The number of carboxylic acid groups (broad SMARTS) is 1. The van der Waals surface area contributed by atoms with E-state index < -0.39 is 18.2 Å². The normalized spacial score (nSPS) is 11.6. The second kappa shape index (κ2) is 8.28. The Morgan fingerprint density at radius 1 is 1.20 bits per heavy atom. The lowest BCUT2D eigenvalue weighted by Crippen LogP contribution is -2.15. The Kier molecular flexibility index (Phi) is 6.11. The molecule has 0 spiro atoms. The van der Waals surface area contributed by atoms with Gasteiger partial charge >= 0.3 is 5.97 Å². The zero-order valence-electron chi connectivity index (χ0n) is 14.1. The third-order valence-electron chi connectivity index (χ3n) is 3.85. The molecule has 2 aromatic carbocycles. The largest absolute Gasteiger partial charge is 0.497 e. The molecular weight excluding hydrogens is 325 g/mol. The SMILES string of the molecule is COc1ccc(C(C)CC(=O)Nc2ccc(CC(=O)O)c(F)c2)cc1. The Balaban J connectivity index is 1.97. The van der Waals surface area contributed by atoms with Crippen LogP contribution in [-0.4, -0.2) is 24.1 Å². The number of methoxy groups -OCH3 is 1. The van der Waals surface area contributed by atoms with Crippen molar-refractivity contribution in [2.75, 3.05) is 12.4 Å². The maximum absolute atomic E-state index is 13.8. The second-order valence-electron chi connectivity index (χ2n) is 5.80. The molecule has 6 heteroatoms. The van der Waals surface area contributed by atoms with Crippen molar-refractivity contribution < 1.29 is 23.8 Å². The third-order valence-corrected chi connectivity index (χ3v) is 3.85. The van der Waals surface area contributed by atoms with Crippen LogP contribution in [0, 0.1) is 5.82 Å². The highest BCUT2D eigenvalue weighted by Crippen LogP contribution is 2.23. The maximum Gasteiger partial charge on any atom is 0.307 e. The van der Waals surface area contributed by atoms with Crippen molar-refractivity contribution in [3.63, 3.8) is 0 Å². The number of benzene rings is 2. The maximum atomic E-state index is 13.8. The Labute approximate surface area is 145 Å². The number of hydrogen-bond acceptors (Lipinski definition) is 3. The summed E-state index contributed by atoms with van der Waals surface area (Å²) in [4.78, 5) is 22.8. The summed E-state index contributed by atoms with van der Waals surface area (Å²) in [7, 11) is 1.59. The minimum absolute atomic E-state index is 0.0120. The van der Waals surface area contributed by atoms with Crippen molar-refractivity contribution in [3.05, 3.63) is 59.4 Å². The Bertz CT molecular complexity index is 759. The van der Waals surface area contributed by atoms with Crippen LogP contribution in [0.3, 0.4) is 0 Å². The number of halogens is 1. The lowest BCUT2D eigenvalue weighted by Gasteiger charge is -2.13. The van der Waals surface area contributed by atoms with Crippen molar-refractivity contribution in [2.24, 2.45) is 0 Å². The molecule has 0 radical (unpaired) electrons. The van der Waals surface area contributed by atoms with Gasteiger partial charge in [-0.2, -0.15) is 0 Å². The molecule has 2 rings (SSSR count). The molecule has 0 aromatic heterocycles. The van der Waals surface area contributed by atoms with E-state index >= 15 is 0 Å². The standard InChI is InChI=1S/C19H20FNO4/c1-12(13-4-7-16(25-2)8-5-13)9-18(22)21-15-6-3-14(10-19(23)24)17(20)11-15/h3-8,11-12H,9-10H2,1-2H3,(H,21,22)(H,23,24). The van der Waals surface area contributed by atoms with Crippen LogP contribution >= 0.6 is 0 Å². The summed E-state index contributed by atoms with van der Waals surface area (Å²) in [5, 5.41) is 11.3. The summed E-state index contributed by atoms with van der Waals surface area (Å²) in [5.74, 6) is -1.26. The van der Waals surface area contributed by atoms with Gasteiger partial charge in [0.1, 0.15) is 11.6 Å². The van der Waals surface area contributed by atoms with Crippen molar-refractivity contribution in [2.45, 2.75) is 25.7 Å². The van der Waals surface area contributed by atoms with E-state index in [1.807, 2.05) is 31.2 Å². The van der Waals surface area contributed by atoms with Crippen LogP contribution in [0.15, 0.2) is 42.5 Å². The molecule has 0 saturated carbocycles. The van der Waals surface area contributed by atoms with Crippen molar-refractivity contribution in [3.8, 4) is 5.75 Å². The third kappa shape index (κ3) is 5.31. The minimum atomic E-state index is -1.11. The first-order valence-corrected chi connectivity index (χ1v) is 7.83. The highest BCUT2D eigenvalue weighted by molar-refractivity contribution is 5.91. The summed E-state index contributed by atoms with van der Waals surface area (Å²) in [5.41, 5.74) is 1.38. The molecule has 1 unspecified atom stereocenters. The number of hydrogen-bond donors (Lipinski definition) is 2. The molecule has 25 heavy (non-hydrogen) atoms. The molecule has 1 amide bonds. The van der Waals surface area contributed by atoms with E-state index in [0.717, 1.165) is 17.4 Å². The number of amides is 1. The molecule has 0 fully saturated rings. The molecule has 132 valence electrons. The Hall–Kier alpha value is -2.89. The summed E-state index contributed by atoms with van der Waals surface area (Å²) in [6, 6.07) is 11.5. The molecular formula is C19H20FNO4. The molecule has 2 aromatic rings. The van der Waals surface area contributed by atoms with Crippen LogP contribution in [0.4, 0.5) is 10.1 Å². The van der Waals surface area contributed by atoms with Crippen molar-refractivity contribution in [1.29, 1.82) is 0 Å². The number of ether oxygens (including phenoxy) is 1. The number of carboxylic acids is 1. The van der Waals surface area contributed by atoms with E-state index in [2.05, 4.69) is 5.32 Å². The van der Waals surface area contributed by atoms with Gasteiger partial charge in [-0.3, -0.25) is 9.59 Å².